The van der Waals surface area contributed by atoms with E-state index in [4.69, 9.17) is 0 Å². The average molecular weight is 424 g/mol. The van der Waals surface area contributed by atoms with Crippen molar-refractivity contribution in [2.24, 2.45) is 0 Å². The number of hydrogen-bond acceptors (Lipinski definition) is 5. The van der Waals surface area contributed by atoms with E-state index in [1.54, 1.807) is 0 Å². The van der Waals surface area contributed by atoms with Crippen molar-refractivity contribution < 1.29 is 9.59 Å². The molecule has 0 aliphatic carbocycles. The van der Waals surface area contributed by atoms with Crippen LogP contribution in [0.5, 0.6) is 0 Å². The van der Waals surface area contributed by atoms with Crippen molar-refractivity contribution in [3.63, 3.8) is 0 Å². The van der Waals surface area contributed by atoms with Gasteiger partial charge >= 0.3 is 0 Å². The Hall–Kier alpha value is -1.24. The Morgan fingerprint density at radius 2 is 1.86 bits per heavy atom. The second-order valence-electron chi connectivity index (χ2n) is 8.36. The molecule has 0 aromatic heterocycles. The molecule has 0 bridgehead atoms. The van der Waals surface area contributed by atoms with Crippen molar-refractivity contribution in [2.75, 3.05) is 37.6 Å². The molecule has 3 aliphatic rings. The number of piperazine rings is 1. The molecule has 0 radical (unpaired) electrons. The summed E-state index contributed by atoms with van der Waals surface area (Å²) in [6.07, 6.45) is 4.34. The maximum atomic E-state index is 12.3. The van der Waals surface area contributed by atoms with E-state index >= 15 is 0 Å². The minimum absolute atomic E-state index is 0. The van der Waals surface area contributed by atoms with E-state index in [9.17, 15) is 9.59 Å². The maximum Gasteiger partial charge on any atom is 0.289 e. The molecule has 3 heterocycles. The number of fused-ring (bicyclic) bond motifs is 3. The highest BCUT2D eigenvalue weighted by Gasteiger charge is 2.45. The fraction of sp³-hybridized carbons (Fsp3) is 0.619. The molecule has 5 nitrogen and oxygen atoms in total. The molecule has 1 aromatic rings. The van der Waals surface area contributed by atoms with Crippen LogP contribution < -0.4 is 4.90 Å². The van der Waals surface area contributed by atoms with Crippen LogP contribution in [0.2, 0.25) is 0 Å². The van der Waals surface area contributed by atoms with E-state index in [1.165, 1.54) is 29.0 Å². The van der Waals surface area contributed by atoms with Gasteiger partial charge in [-0.25, -0.2) is 0 Å². The molecular weight excluding hydrogens is 394 g/mol. The number of imide groups is 1. The van der Waals surface area contributed by atoms with Crippen LogP contribution in [0.3, 0.4) is 0 Å². The van der Waals surface area contributed by atoms with E-state index in [0.717, 1.165) is 50.8 Å². The third kappa shape index (κ3) is 4.19. The summed E-state index contributed by atoms with van der Waals surface area (Å²) >= 11 is 1.15. The van der Waals surface area contributed by atoms with Gasteiger partial charge in [-0.1, -0.05) is 18.2 Å². The van der Waals surface area contributed by atoms with E-state index < -0.39 is 4.75 Å². The Bertz CT molecular complexity index is 742. The fourth-order valence-corrected chi connectivity index (χ4v) is 5.45. The number of benzene rings is 1. The van der Waals surface area contributed by atoms with Gasteiger partial charge in [-0.3, -0.25) is 19.4 Å². The standard InChI is InChI=1S/C21H29N3O2S.ClH/c1-21(2)19(25)24(20(26)27-21)12-6-5-11-22-13-14-23-17(15-22)10-9-16-7-3-4-8-18(16)23;/h3-4,7-8,17H,5-6,9-15H2,1-2H3;1H. The highest BCUT2D eigenvalue weighted by molar-refractivity contribution is 8.16. The lowest BCUT2D eigenvalue weighted by atomic mass is 9.94. The molecule has 1 unspecified atom stereocenters. The van der Waals surface area contributed by atoms with Crippen LogP contribution in [-0.4, -0.2) is 64.5 Å². The Labute approximate surface area is 178 Å². The largest absolute Gasteiger partial charge is 0.366 e. The molecule has 1 atom stereocenters. The van der Waals surface area contributed by atoms with Gasteiger partial charge in [-0.15, -0.1) is 12.4 Å². The summed E-state index contributed by atoms with van der Waals surface area (Å²) in [6, 6.07) is 9.44. The molecule has 3 aliphatic heterocycles. The molecule has 7 heteroatoms. The van der Waals surface area contributed by atoms with Crippen LogP contribution in [0, 0.1) is 0 Å². The van der Waals surface area contributed by atoms with E-state index in [2.05, 4.69) is 34.1 Å². The normalized spacial score (nSPS) is 24.0. The number of aryl methyl sites for hydroxylation is 1. The summed E-state index contributed by atoms with van der Waals surface area (Å²) in [5, 5.41) is -0.0838. The zero-order chi connectivity index (χ0) is 19.0. The number of thioether (sulfide) groups is 1. The van der Waals surface area contributed by atoms with Crippen LogP contribution in [0.25, 0.3) is 0 Å². The van der Waals surface area contributed by atoms with Gasteiger partial charge in [0, 0.05) is 37.9 Å². The van der Waals surface area contributed by atoms with Gasteiger partial charge in [0.2, 0.25) is 5.91 Å². The first kappa shape index (κ1) is 21.5. The lowest BCUT2D eigenvalue weighted by Gasteiger charge is -2.46. The molecule has 4 rings (SSSR count). The van der Waals surface area contributed by atoms with Gasteiger partial charge in [0.25, 0.3) is 5.24 Å². The summed E-state index contributed by atoms with van der Waals surface area (Å²) in [5.74, 6) is -0.0352. The lowest BCUT2D eigenvalue weighted by molar-refractivity contribution is -0.128. The van der Waals surface area contributed by atoms with Gasteiger partial charge in [0.05, 0.1) is 4.75 Å². The summed E-state index contributed by atoms with van der Waals surface area (Å²) in [7, 11) is 0. The minimum Gasteiger partial charge on any atom is -0.366 e. The lowest BCUT2D eigenvalue weighted by Crippen LogP contribution is -2.55. The predicted molar refractivity (Wildman–Crippen MR) is 118 cm³/mol. The molecule has 0 saturated carbocycles. The average Bonchev–Trinajstić information content (AvgIpc) is 2.86. The van der Waals surface area contributed by atoms with E-state index in [0.29, 0.717) is 12.6 Å². The van der Waals surface area contributed by atoms with Gasteiger partial charge in [0.15, 0.2) is 0 Å². The molecule has 0 N–H and O–H groups in total. The minimum atomic E-state index is -0.593. The number of anilines is 1. The number of hydrogen-bond donors (Lipinski definition) is 0. The van der Waals surface area contributed by atoms with Crippen LogP contribution >= 0.6 is 24.2 Å². The molecule has 154 valence electrons. The number of nitrogens with zero attached hydrogens (tertiary/aromatic N) is 3. The number of unbranched alkanes of at least 4 members (excludes halogenated alkanes) is 1. The summed E-state index contributed by atoms with van der Waals surface area (Å²) in [4.78, 5) is 30.9. The van der Waals surface area contributed by atoms with Crippen molar-refractivity contribution in [1.82, 2.24) is 9.80 Å². The molecule has 0 spiro atoms. The Morgan fingerprint density at radius 1 is 1.11 bits per heavy atom. The van der Waals surface area contributed by atoms with Gasteiger partial charge in [-0.05, 0) is 69.5 Å². The Balaban J connectivity index is 0.00000225. The first-order chi connectivity index (χ1) is 13.0. The Morgan fingerprint density at radius 3 is 2.61 bits per heavy atom. The second kappa shape index (κ2) is 8.64. The van der Waals surface area contributed by atoms with Crippen molar-refractivity contribution >= 4 is 41.0 Å². The smallest absolute Gasteiger partial charge is 0.289 e. The number of carbonyl (C=O) groups excluding carboxylic acids is 2. The van der Waals surface area contributed by atoms with Crippen LogP contribution in [0.15, 0.2) is 24.3 Å². The summed E-state index contributed by atoms with van der Waals surface area (Å²) < 4.78 is -0.593. The number of halogens is 1. The predicted octanol–water partition coefficient (Wildman–Crippen LogP) is 3.80. The molecule has 2 saturated heterocycles. The van der Waals surface area contributed by atoms with E-state index in [1.807, 2.05) is 13.8 Å². The van der Waals surface area contributed by atoms with Crippen molar-refractivity contribution in [3.8, 4) is 0 Å². The van der Waals surface area contributed by atoms with E-state index in [-0.39, 0.29) is 23.6 Å². The maximum absolute atomic E-state index is 12.3. The first-order valence-corrected chi connectivity index (χ1v) is 10.9. The van der Waals surface area contributed by atoms with Crippen LogP contribution in [0.4, 0.5) is 10.5 Å². The molecule has 2 fully saturated rings. The second-order valence-corrected chi connectivity index (χ2v) is 9.93. The van der Waals surface area contributed by atoms with Crippen molar-refractivity contribution in [1.29, 1.82) is 0 Å². The quantitative estimate of drug-likeness (QED) is 0.674. The molecular formula is C21H30ClN3O2S. The fourth-order valence-electron chi connectivity index (χ4n) is 4.53. The summed E-state index contributed by atoms with van der Waals surface area (Å²) in [5.41, 5.74) is 2.92. The van der Waals surface area contributed by atoms with Crippen LogP contribution in [-0.2, 0) is 11.2 Å². The van der Waals surface area contributed by atoms with Gasteiger partial charge < -0.3 is 4.90 Å². The van der Waals surface area contributed by atoms with Gasteiger partial charge in [0.1, 0.15) is 0 Å². The zero-order valence-corrected chi connectivity index (χ0v) is 18.4. The first-order valence-electron chi connectivity index (χ1n) is 10.1. The van der Waals surface area contributed by atoms with Gasteiger partial charge in [-0.2, -0.15) is 0 Å². The Kier molecular flexibility index (Phi) is 6.62. The molecule has 28 heavy (non-hydrogen) atoms. The number of carbonyl (C=O) groups is 2. The molecule has 1 aromatic carbocycles. The third-order valence-corrected chi connectivity index (χ3v) is 7.12. The number of amides is 2. The highest BCUT2D eigenvalue weighted by atomic mass is 35.5. The monoisotopic (exact) mass is 423 g/mol. The zero-order valence-electron chi connectivity index (χ0n) is 16.7. The highest BCUT2D eigenvalue weighted by Crippen LogP contribution is 2.36. The van der Waals surface area contributed by atoms with Crippen LogP contribution in [0.1, 0.15) is 38.7 Å². The number of para-hydroxylation sites is 1. The topological polar surface area (TPSA) is 43.9 Å². The SMILES string of the molecule is CC1(C)SC(=O)N(CCCCN2CCN3c4ccccc4CCC3C2)C1=O.Cl. The molecule has 2 amide bonds. The number of rotatable bonds is 5. The third-order valence-electron chi connectivity index (χ3n) is 6.04. The summed E-state index contributed by atoms with van der Waals surface area (Å²) in [6.45, 7) is 8.59. The van der Waals surface area contributed by atoms with Crippen molar-refractivity contribution in [3.05, 3.63) is 29.8 Å². The van der Waals surface area contributed by atoms with Crippen molar-refractivity contribution in [2.45, 2.75) is 50.3 Å².